The Morgan fingerprint density at radius 1 is 1.47 bits per heavy atom. The van der Waals surface area contributed by atoms with Gasteiger partial charge < -0.3 is 15.4 Å². The molecule has 2 rings (SSSR count). The van der Waals surface area contributed by atoms with E-state index in [1.807, 2.05) is 6.92 Å². The van der Waals surface area contributed by atoms with Gasteiger partial charge in [0.05, 0.1) is 5.71 Å². The molecule has 0 bridgehead atoms. The minimum Gasteiger partial charge on any atom is -0.411 e. The first kappa shape index (κ1) is 13.7. The molecule has 1 aromatic carbocycles. The van der Waals surface area contributed by atoms with Gasteiger partial charge in [0.15, 0.2) is 0 Å². The standard InChI is InChI=1S/C13H16ClN3O2/c1-9-8-17(7-6-12(9)16-19)13(18)15-11-4-2-10(14)3-5-11/h2-5,9,19H,6-8H2,1H3,(H,15,18)/b16-12+. The van der Waals surface area contributed by atoms with Crippen LogP contribution in [0.2, 0.25) is 5.02 Å². The number of piperidine rings is 1. The Kier molecular flexibility index (Phi) is 4.27. The van der Waals surface area contributed by atoms with E-state index in [1.54, 1.807) is 29.2 Å². The number of hydrogen-bond acceptors (Lipinski definition) is 3. The molecule has 1 aromatic rings. The third kappa shape index (κ3) is 3.38. The summed E-state index contributed by atoms with van der Waals surface area (Å²) < 4.78 is 0. The fourth-order valence-electron chi connectivity index (χ4n) is 2.09. The second-order valence-corrected chi connectivity index (χ2v) is 5.06. The molecule has 0 aromatic heterocycles. The molecule has 5 nitrogen and oxygen atoms in total. The molecule has 1 unspecified atom stereocenters. The Morgan fingerprint density at radius 3 is 2.74 bits per heavy atom. The highest BCUT2D eigenvalue weighted by atomic mass is 35.5. The number of anilines is 1. The van der Waals surface area contributed by atoms with Crippen molar-refractivity contribution in [2.75, 3.05) is 18.4 Å². The lowest BCUT2D eigenvalue weighted by atomic mass is 9.98. The first-order valence-electron chi connectivity index (χ1n) is 6.12. The largest absolute Gasteiger partial charge is 0.411 e. The minimum atomic E-state index is -0.147. The van der Waals surface area contributed by atoms with Crippen molar-refractivity contribution in [1.82, 2.24) is 4.90 Å². The second kappa shape index (κ2) is 5.93. The summed E-state index contributed by atoms with van der Waals surface area (Å²) in [6.45, 7) is 3.05. The van der Waals surface area contributed by atoms with E-state index >= 15 is 0 Å². The van der Waals surface area contributed by atoms with Gasteiger partial charge in [0.1, 0.15) is 0 Å². The molecule has 1 aliphatic heterocycles. The number of amides is 2. The van der Waals surface area contributed by atoms with E-state index in [1.165, 1.54) is 0 Å². The van der Waals surface area contributed by atoms with Crippen molar-refractivity contribution in [2.24, 2.45) is 11.1 Å². The maximum Gasteiger partial charge on any atom is 0.321 e. The fraction of sp³-hybridized carbons (Fsp3) is 0.385. The molecule has 1 atom stereocenters. The molecule has 0 radical (unpaired) electrons. The molecule has 6 heteroatoms. The van der Waals surface area contributed by atoms with Crippen LogP contribution < -0.4 is 5.32 Å². The lowest BCUT2D eigenvalue weighted by Gasteiger charge is -2.31. The molecule has 1 heterocycles. The maximum absolute atomic E-state index is 12.1. The molecular weight excluding hydrogens is 266 g/mol. The van der Waals surface area contributed by atoms with Crippen molar-refractivity contribution in [3.63, 3.8) is 0 Å². The first-order chi connectivity index (χ1) is 9.10. The van der Waals surface area contributed by atoms with E-state index in [4.69, 9.17) is 16.8 Å². The number of likely N-dealkylation sites (tertiary alicyclic amines) is 1. The number of benzene rings is 1. The minimum absolute atomic E-state index is 0.0784. The smallest absolute Gasteiger partial charge is 0.321 e. The van der Waals surface area contributed by atoms with E-state index in [0.29, 0.717) is 30.2 Å². The average Bonchev–Trinajstić information content (AvgIpc) is 2.41. The van der Waals surface area contributed by atoms with Crippen LogP contribution in [0.4, 0.5) is 10.5 Å². The highest BCUT2D eigenvalue weighted by Crippen LogP contribution is 2.17. The van der Waals surface area contributed by atoms with E-state index < -0.39 is 0 Å². The highest BCUT2D eigenvalue weighted by Gasteiger charge is 2.25. The Labute approximate surface area is 116 Å². The molecule has 0 spiro atoms. The van der Waals surface area contributed by atoms with Gasteiger partial charge in [-0.3, -0.25) is 0 Å². The summed E-state index contributed by atoms with van der Waals surface area (Å²) in [7, 11) is 0. The molecule has 1 fully saturated rings. The maximum atomic E-state index is 12.1. The van der Waals surface area contributed by atoms with Crippen molar-refractivity contribution in [2.45, 2.75) is 13.3 Å². The molecular formula is C13H16ClN3O2. The van der Waals surface area contributed by atoms with Crippen LogP contribution in [0.25, 0.3) is 0 Å². The van der Waals surface area contributed by atoms with Crippen molar-refractivity contribution >= 4 is 29.0 Å². The predicted molar refractivity (Wildman–Crippen MR) is 75.0 cm³/mol. The van der Waals surface area contributed by atoms with Gasteiger partial charge in [0.25, 0.3) is 0 Å². The molecule has 1 saturated heterocycles. The monoisotopic (exact) mass is 281 g/mol. The van der Waals surface area contributed by atoms with Gasteiger partial charge in [0, 0.05) is 36.1 Å². The van der Waals surface area contributed by atoms with Crippen LogP contribution in [-0.2, 0) is 0 Å². The van der Waals surface area contributed by atoms with Crippen molar-refractivity contribution in [3.05, 3.63) is 29.3 Å². The number of nitrogens with one attached hydrogen (secondary N) is 1. The van der Waals surface area contributed by atoms with Gasteiger partial charge in [-0.25, -0.2) is 4.79 Å². The van der Waals surface area contributed by atoms with Gasteiger partial charge in [-0.2, -0.15) is 0 Å². The van der Waals surface area contributed by atoms with E-state index in [-0.39, 0.29) is 11.9 Å². The zero-order chi connectivity index (χ0) is 13.8. The summed E-state index contributed by atoms with van der Waals surface area (Å²) in [5, 5.41) is 15.5. The SMILES string of the molecule is CC1CN(C(=O)Nc2ccc(Cl)cc2)CC/C1=N\O. The number of nitrogens with zero attached hydrogens (tertiary/aromatic N) is 2. The van der Waals surface area contributed by atoms with Gasteiger partial charge in [-0.15, -0.1) is 0 Å². The van der Waals surface area contributed by atoms with Crippen LogP contribution in [0.1, 0.15) is 13.3 Å². The van der Waals surface area contributed by atoms with Gasteiger partial charge in [0.2, 0.25) is 0 Å². The van der Waals surface area contributed by atoms with Crippen molar-refractivity contribution < 1.29 is 10.0 Å². The Hall–Kier alpha value is -1.75. The Bertz CT molecular complexity index is 487. The number of carbonyl (C=O) groups excluding carboxylic acids is 1. The predicted octanol–water partition coefficient (Wildman–Crippen LogP) is 3.04. The number of hydrogen-bond donors (Lipinski definition) is 2. The lowest BCUT2D eigenvalue weighted by Crippen LogP contribution is -2.45. The second-order valence-electron chi connectivity index (χ2n) is 4.63. The third-order valence-electron chi connectivity index (χ3n) is 3.21. The summed E-state index contributed by atoms with van der Waals surface area (Å²) in [4.78, 5) is 13.8. The van der Waals surface area contributed by atoms with Crippen LogP contribution in [0.15, 0.2) is 29.4 Å². The Balaban J connectivity index is 1.96. The van der Waals surface area contributed by atoms with Gasteiger partial charge >= 0.3 is 6.03 Å². The average molecular weight is 282 g/mol. The number of urea groups is 1. The normalized spacial score (nSPS) is 21.5. The van der Waals surface area contributed by atoms with Gasteiger partial charge in [-0.05, 0) is 24.3 Å². The third-order valence-corrected chi connectivity index (χ3v) is 3.46. The quantitative estimate of drug-likeness (QED) is 0.614. The van der Waals surface area contributed by atoms with E-state index in [0.717, 1.165) is 5.71 Å². The topological polar surface area (TPSA) is 64.9 Å². The summed E-state index contributed by atoms with van der Waals surface area (Å²) in [5.41, 5.74) is 1.46. The first-order valence-corrected chi connectivity index (χ1v) is 6.50. The summed E-state index contributed by atoms with van der Waals surface area (Å²) in [6.07, 6.45) is 0.603. The van der Waals surface area contributed by atoms with Crippen molar-refractivity contribution in [1.29, 1.82) is 0 Å². The molecule has 2 amide bonds. The van der Waals surface area contributed by atoms with Crippen LogP contribution in [0, 0.1) is 5.92 Å². The molecule has 1 aliphatic rings. The molecule has 102 valence electrons. The van der Waals surface area contributed by atoms with E-state index in [2.05, 4.69) is 10.5 Å². The molecule has 0 aliphatic carbocycles. The molecule has 19 heavy (non-hydrogen) atoms. The number of oxime groups is 1. The zero-order valence-corrected chi connectivity index (χ0v) is 11.4. The summed E-state index contributed by atoms with van der Waals surface area (Å²) in [6, 6.07) is 6.83. The van der Waals surface area contributed by atoms with Crippen LogP contribution in [-0.4, -0.2) is 34.9 Å². The van der Waals surface area contributed by atoms with Crippen molar-refractivity contribution in [3.8, 4) is 0 Å². The molecule has 2 N–H and O–H groups in total. The lowest BCUT2D eigenvalue weighted by molar-refractivity contribution is 0.203. The summed E-state index contributed by atoms with van der Waals surface area (Å²) in [5.74, 6) is 0.0784. The van der Waals surface area contributed by atoms with E-state index in [9.17, 15) is 4.79 Å². The fourth-order valence-corrected chi connectivity index (χ4v) is 2.22. The van der Waals surface area contributed by atoms with Crippen LogP contribution >= 0.6 is 11.6 Å². The number of carbonyl (C=O) groups is 1. The highest BCUT2D eigenvalue weighted by molar-refractivity contribution is 6.30. The molecule has 0 saturated carbocycles. The number of rotatable bonds is 1. The van der Waals surface area contributed by atoms with Gasteiger partial charge in [-0.1, -0.05) is 23.7 Å². The zero-order valence-electron chi connectivity index (χ0n) is 10.6. The Morgan fingerprint density at radius 2 is 2.16 bits per heavy atom. The summed E-state index contributed by atoms with van der Waals surface area (Å²) >= 11 is 5.79. The number of halogens is 1. The van der Waals surface area contributed by atoms with Crippen LogP contribution in [0.3, 0.4) is 0 Å². The van der Waals surface area contributed by atoms with Crippen LogP contribution in [0.5, 0.6) is 0 Å².